The number of hydrogen-bond acceptors (Lipinski definition) is 1. The summed E-state index contributed by atoms with van der Waals surface area (Å²) in [6, 6.07) is 2.04. The Labute approximate surface area is 61.9 Å². The van der Waals surface area contributed by atoms with Gasteiger partial charge in [0.25, 0.3) is 0 Å². The number of rotatable bonds is 3. The highest BCUT2D eigenvalue weighted by atomic mass is 15.3. The molecule has 1 aromatic heterocycles. The summed E-state index contributed by atoms with van der Waals surface area (Å²) in [6.07, 6.45) is 4.49. The molecule has 0 saturated carbocycles. The van der Waals surface area contributed by atoms with Gasteiger partial charge in [0.15, 0.2) is 0 Å². The molecule has 2 nitrogen and oxygen atoms in total. The van der Waals surface area contributed by atoms with Crippen molar-refractivity contribution in [2.75, 3.05) is 0 Å². The highest BCUT2D eigenvalue weighted by molar-refractivity contribution is 4.94. The van der Waals surface area contributed by atoms with Gasteiger partial charge in [0.05, 0.1) is 5.69 Å². The van der Waals surface area contributed by atoms with Gasteiger partial charge in [-0.05, 0) is 19.4 Å². The van der Waals surface area contributed by atoms with Crippen LogP contribution in [0.25, 0.3) is 0 Å². The average molecular weight is 138 g/mol. The van der Waals surface area contributed by atoms with Gasteiger partial charge in [-0.1, -0.05) is 13.3 Å². The molecule has 0 amide bonds. The van der Waals surface area contributed by atoms with Gasteiger partial charge in [0.2, 0.25) is 0 Å². The molecule has 1 rings (SSSR count). The second-order valence-electron chi connectivity index (χ2n) is 2.57. The molecule has 10 heavy (non-hydrogen) atoms. The number of aromatic nitrogens is 2. The molecule has 0 aliphatic carbocycles. The maximum atomic E-state index is 4.26. The van der Waals surface area contributed by atoms with Crippen molar-refractivity contribution in [3.8, 4) is 0 Å². The summed E-state index contributed by atoms with van der Waals surface area (Å²) < 4.78 is 2.00. The summed E-state index contributed by atoms with van der Waals surface area (Å²) in [5.41, 5.74) is 1.11. The fourth-order valence-corrected chi connectivity index (χ4v) is 0.908. The van der Waals surface area contributed by atoms with Gasteiger partial charge >= 0.3 is 0 Å². The van der Waals surface area contributed by atoms with Crippen molar-refractivity contribution in [2.24, 2.45) is 0 Å². The van der Waals surface area contributed by atoms with E-state index in [1.807, 2.05) is 23.9 Å². The molecule has 56 valence electrons. The summed E-state index contributed by atoms with van der Waals surface area (Å²) in [5.74, 6) is 0. The third kappa shape index (κ3) is 1.87. The molecule has 1 heterocycles. The first-order chi connectivity index (χ1) is 4.83. The highest BCUT2D eigenvalue weighted by Crippen LogP contribution is 1.95. The zero-order chi connectivity index (χ0) is 7.40. The minimum Gasteiger partial charge on any atom is -0.273 e. The first-order valence-electron chi connectivity index (χ1n) is 3.83. The molecule has 0 aromatic carbocycles. The maximum Gasteiger partial charge on any atom is 0.0593 e. The van der Waals surface area contributed by atoms with Crippen molar-refractivity contribution in [1.29, 1.82) is 0 Å². The molecule has 0 fully saturated rings. The Kier molecular flexibility index (Phi) is 2.49. The van der Waals surface area contributed by atoms with Gasteiger partial charge in [0, 0.05) is 12.7 Å². The lowest BCUT2D eigenvalue weighted by molar-refractivity contribution is 0.568. The minimum atomic E-state index is 1.06. The van der Waals surface area contributed by atoms with Crippen LogP contribution in [-0.2, 0) is 6.54 Å². The summed E-state index contributed by atoms with van der Waals surface area (Å²) in [7, 11) is 0. The van der Waals surface area contributed by atoms with Gasteiger partial charge in [-0.25, -0.2) is 0 Å². The smallest absolute Gasteiger partial charge is 0.0593 e. The van der Waals surface area contributed by atoms with Crippen LogP contribution < -0.4 is 0 Å². The van der Waals surface area contributed by atoms with E-state index < -0.39 is 0 Å². The van der Waals surface area contributed by atoms with Crippen LogP contribution >= 0.6 is 0 Å². The van der Waals surface area contributed by atoms with Gasteiger partial charge in [0.1, 0.15) is 0 Å². The first kappa shape index (κ1) is 7.32. The molecule has 0 aliphatic heterocycles. The van der Waals surface area contributed by atoms with Crippen molar-refractivity contribution in [3.63, 3.8) is 0 Å². The number of unbranched alkanes of at least 4 members (excludes halogenated alkanes) is 1. The van der Waals surface area contributed by atoms with E-state index in [1.165, 1.54) is 12.8 Å². The molecule has 0 aliphatic rings. The molecule has 0 unspecified atom stereocenters. The number of hydrogen-bond donors (Lipinski definition) is 0. The SMILES string of the molecule is CCCCn1ccc(C)n1. The predicted octanol–water partition coefficient (Wildman–Crippen LogP) is 1.99. The lowest BCUT2D eigenvalue weighted by atomic mass is 10.3. The molecule has 1 aromatic rings. The highest BCUT2D eigenvalue weighted by Gasteiger charge is 1.90. The molecule has 0 bridgehead atoms. The third-order valence-electron chi connectivity index (χ3n) is 1.51. The van der Waals surface area contributed by atoms with E-state index >= 15 is 0 Å². The van der Waals surface area contributed by atoms with Crippen LogP contribution in [0.3, 0.4) is 0 Å². The second-order valence-corrected chi connectivity index (χ2v) is 2.57. The van der Waals surface area contributed by atoms with E-state index in [0.29, 0.717) is 0 Å². The van der Waals surface area contributed by atoms with E-state index in [0.717, 1.165) is 12.2 Å². The minimum absolute atomic E-state index is 1.06. The Hall–Kier alpha value is -0.790. The quantitative estimate of drug-likeness (QED) is 0.624. The molecule has 0 spiro atoms. The van der Waals surface area contributed by atoms with Crippen molar-refractivity contribution >= 4 is 0 Å². The predicted molar refractivity (Wildman–Crippen MR) is 41.9 cm³/mol. The Balaban J connectivity index is 2.42. The molecule has 0 radical (unpaired) electrons. The average Bonchev–Trinajstić information content (AvgIpc) is 2.31. The monoisotopic (exact) mass is 138 g/mol. The van der Waals surface area contributed by atoms with Crippen molar-refractivity contribution in [3.05, 3.63) is 18.0 Å². The van der Waals surface area contributed by atoms with Crippen molar-refractivity contribution < 1.29 is 0 Å². The van der Waals surface area contributed by atoms with Crippen LogP contribution in [0, 0.1) is 6.92 Å². The molecule has 0 N–H and O–H groups in total. The molecule has 0 saturated heterocycles. The van der Waals surface area contributed by atoms with E-state index in [9.17, 15) is 0 Å². The summed E-state index contributed by atoms with van der Waals surface area (Å²) in [4.78, 5) is 0. The summed E-state index contributed by atoms with van der Waals surface area (Å²) >= 11 is 0. The van der Waals surface area contributed by atoms with Gasteiger partial charge < -0.3 is 0 Å². The molecular weight excluding hydrogens is 124 g/mol. The Morgan fingerprint density at radius 3 is 2.90 bits per heavy atom. The van der Waals surface area contributed by atoms with Crippen LogP contribution in [0.2, 0.25) is 0 Å². The fourth-order valence-electron chi connectivity index (χ4n) is 0.908. The summed E-state index contributed by atoms with van der Waals surface area (Å²) in [6.45, 7) is 5.27. The molecule has 0 atom stereocenters. The number of aryl methyl sites for hydroxylation is 2. The Morgan fingerprint density at radius 1 is 1.60 bits per heavy atom. The topological polar surface area (TPSA) is 17.8 Å². The number of nitrogens with zero attached hydrogens (tertiary/aromatic N) is 2. The largest absolute Gasteiger partial charge is 0.273 e. The van der Waals surface area contributed by atoms with E-state index in [1.54, 1.807) is 0 Å². The standard InChI is InChI=1S/C8H14N2/c1-3-4-6-10-7-5-8(2)9-10/h5,7H,3-4,6H2,1-2H3. The zero-order valence-electron chi connectivity index (χ0n) is 6.67. The van der Waals surface area contributed by atoms with E-state index in [-0.39, 0.29) is 0 Å². The fraction of sp³-hybridized carbons (Fsp3) is 0.625. The second kappa shape index (κ2) is 3.40. The van der Waals surface area contributed by atoms with Gasteiger partial charge in [-0.15, -0.1) is 0 Å². The Bertz CT molecular complexity index is 191. The van der Waals surface area contributed by atoms with Crippen LogP contribution in [0.4, 0.5) is 0 Å². The maximum absolute atomic E-state index is 4.26. The third-order valence-corrected chi connectivity index (χ3v) is 1.51. The lowest BCUT2D eigenvalue weighted by Gasteiger charge is -1.96. The Morgan fingerprint density at radius 2 is 2.40 bits per heavy atom. The van der Waals surface area contributed by atoms with Gasteiger partial charge in [-0.2, -0.15) is 5.10 Å². The lowest BCUT2D eigenvalue weighted by Crippen LogP contribution is -1.97. The van der Waals surface area contributed by atoms with Crippen LogP contribution in [0.1, 0.15) is 25.5 Å². The zero-order valence-corrected chi connectivity index (χ0v) is 6.67. The van der Waals surface area contributed by atoms with Crippen LogP contribution in [-0.4, -0.2) is 9.78 Å². The van der Waals surface area contributed by atoms with Crippen LogP contribution in [0.5, 0.6) is 0 Å². The van der Waals surface area contributed by atoms with E-state index in [2.05, 4.69) is 12.0 Å². The summed E-state index contributed by atoms with van der Waals surface area (Å²) in [5, 5.41) is 4.26. The molecule has 2 heteroatoms. The normalized spacial score (nSPS) is 10.2. The van der Waals surface area contributed by atoms with Gasteiger partial charge in [-0.3, -0.25) is 4.68 Å². The van der Waals surface area contributed by atoms with Crippen molar-refractivity contribution in [2.45, 2.75) is 33.2 Å². The molecular formula is C8H14N2. The first-order valence-corrected chi connectivity index (χ1v) is 3.83. The van der Waals surface area contributed by atoms with E-state index in [4.69, 9.17) is 0 Å². The van der Waals surface area contributed by atoms with Crippen LogP contribution in [0.15, 0.2) is 12.3 Å². The van der Waals surface area contributed by atoms with Crippen molar-refractivity contribution in [1.82, 2.24) is 9.78 Å².